The van der Waals surface area contributed by atoms with Crippen molar-refractivity contribution in [3.8, 4) is 11.8 Å². The molecule has 0 saturated carbocycles. The average Bonchev–Trinajstić information content (AvgIpc) is 2.62. The zero-order valence-corrected chi connectivity index (χ0v) is 14.6. The molecule has 0 spiro atoms. The van der Waals surface area contributed by atoms with Crippen LogP contribution >= 0.6 is 15.9 Å². The van der Waals surface area contributed by atoms with Crippen LogP contribution < -0.4 is 15.4 Å². The lowest BCUT2D eigenvalue weighted by Gasteiger charge is -2.09. The first-order valence-corrected chi connectivity index (χ1v) is 8.01. The minimum absolute atomic E-state index is 0.182. The Kier molecular flexibility index (Phi) is 6.51. The molecule has 0 unspecified atom stereocenters. The van der Waals surface area contributed by atoms with Crippen molar-refractivity contribution >= 4 is 27.7 Å². The molecule has 124 valence electrons. The molecule has 1 heterocycles. The van der Waals surface area contributed by atoms with Gasteiger partial charge in [0, 0.05) is 30.0 Å². The number of nitrogens with one attached hydrogen (secondary N) is 2. The van der Waals surface area contributed by atoms with Crippen molar-refractivity contribution in [2.24, 2.45) is 0 Å². The number of methoxy groups -OCH3 is 1. The fraction of sp³-hybridized carbons (Fsp3) is 0.250. The van der Waals surface area contributed by atoms with Crippen molar-refractivity contribution < 1.29 is 9.53 Å². The van der Waals surface area contributed by atoms with Gasteiger partial charge in [-0.3, -0.25) is 4.79 Å². The quantitative estimate of drug-likeness (QED) is 0.704. The summed E-state index contributed by atoms with van der Waals surface area (Å²) in [5.74, 6) is 0.886. The van der Waals surface area contributed by atoms with Gasteiger partial charge < -0.3 is 15.4 Å². The minimum atomic E-state index is -0.182. The maximum atomic E-state index is 12.2. The summed E-state index contributed by atoms with van der Waals surface area (Å²) >= 11 is 3.35. The summed E-state index contributed by atoms with van der Waals surface area (Å²) in [6.45, 7) is 1.05. The molecule has 0 atom stereocenters. The molecule has 0 fully saturated rings. The third-order valence-corrected chi connectivity index (χ3v) is 3.85. The van der Waals surface area contributed by atoms with Crippen LogP contribution in [0.25, 0.3) is 0 Å². The Morgan fingerprint density at radius 1 is 1.33 bits per heavy atom. The van der Waals surface area contributed by atoms with Crippen LogP contribution in [0.2, 0.25) is 0 Å². The predicted molar refractivity (Wildman–Crippen MR) is 92.9 cm³/mol. The first kappa shape index (κ1) is 17.7. The molecule has 7 nitrogen and oxygen atoms in total. The van der Waals surface area contributed by atoms with E-state index in [1.54, 1.807) is 25.3 Å². The third-order valence-electron chi connectivity index (χ3n) is 3.15. The van der Waals surface area contributed by atoms with Crippen molar-refractivity contribution in [3.63, 3.8) is 0 Å². The Labute approximate surface area is 148 Å². The molecule has 2 rings (SSSR count). The summed E-state index contributed by atoms with van der Waals surface area (Å²) < 4.78 is 5.83. The van der Waals surface area contributed by atoms with E-state index in [1.807, 2.05) is 6.07 Å². The van der Waals surface area contributed by atoms with Gasteiger partial charge in [0.05, 0.1) is 12.7 Å². The molecule has 0 aliphatic rings. The third kappa shape index (κ3) is 4.67. The second kappa shape index (κ2) is 8.84. The van der Waals surface area contributed by atoms with Gasteiger partial charge in [-0.1, -0.05) is 0 Å². The number of aromatic nitrogens is 2. The van der Waals surface area contributed by atoms with E-state index in [4.69, 9.17) is 10.00 Å². The van der Waals surface area contributed by atoms with E-state index >= 15 is 0 Å². The minimum Gasteiger partial charge on any atom is -0.497 e. The molecule has 0 bridgehead atoms. The van der Waals surface area contributed by atoms with Crippen molar-refractivity contribution in [2.75, 3.05) is 25.5 Å². The fourth-order valence-corrected chi connectivity index (χ4v) is 2.37. The molecule has 8 heteroatoms. The van der Waals surface area contributed by atoms with E-state index < -0.39 is 0 Å². The molecular formula is C16H16BrN5O2. The molecule has 2 N–H and O–H groups in total. The number of nitrogens with zero attached hydrogens (tertiary/aromatic N) is 3. The zero-order chi connectivity index (χ0) is 17.4. The van der Waals surface area contributed by atoms with Gasteiger partial charge in [-0.15, -0.1) is 0 Å². The molecule has 0 saturated heterocycles. The van der Waals surface area contributed by atoms with Gasteiger partial charge in [0.2, 0.25) is 0 Å². The summed E-state index contributed by atoms with van der Waals surface area (Å²) in [6.07, 6.45) is 3.66. The van der Waals surface area contributed by atoms with Crippen LogP contribution in [-0.2, 0) is 0 Å². The molecule has 1 amide bonds. The van der Waals surface area contributed by atoms with Crippen molar-refractivity contribution in [2.45, 2.75) is 6.42 Å². The van der Waals surface area contributed by atoms with Crippen LogP contribution in [0.4, 0.5) is 5.82 Å². The Morgan fingerprint density at radius 3 is 2.88 bits per heavy atom. The van der Waals surface area contributed by atoms with E-state index in [2.05, 4.69) is 36.5 Å². The smallest absolute Gasteiger partial charge is 0.252 e. The summed E-state index contributed by atoms with van der Waals surface area (Å²) in [6, 6.07) is 7.19. The largest absolute Gasteiger partial charge is 0.497 e. The number of anilines is 1. The van der Waals surface area contributed by atoms with Crippen molar-refractivity contribution in [1.82, 2.24) is 15.3 Å². The number of amides is 1. The number of hydrogen-bond acceptors (Lipinski definition) is 6. The van der Waals surface area contributed by atoms with Crippen LogP contribution in [-0.4, -0.2) is 36.1 Å². The summed E-state index contributed by atoms with van der Waals surface area (Å²) in [5.41, 5.74) is 0.768. The van der Waals surface area contributed by atoms with E-state index in [1.165, 1.54) is 12.4 Å². The molecule has 2 aromatic rings. The summed E-state index contributed by atoms with van der Waals surface area (Å²) in [4.78, 5) is 20.2. The zero-order valence-electron chi connectivity index (χ0n) is 13.0. The standard InChI is InChI=1S/C16H16BrN5O2/c1-24-11-3-4-13(17)12(9-11)16(23)22-6-2-5-20-15-14(10-18)19-7-8-21-15/h3-4,7-9H,2,5-6H2,1H3,(H,20,21)(H,22,23). The number of halogens is 1. The van der Waals surface area contributed by atoms with Gasteiger partial charge in [-0.25, -0.2) is 9.97 Å². The van der Waals surface area contributed by atoms with E-state index in [9.17, 15) is 4.79 Å². The second-order valence-electron chi connectivity index (χ2n) is 4.75. The number of ether oxygens (including phenoxy) is 1. The van der Waals surface area contributed by atoms with Gasteiger partial charge in [0.15, 0.2) is 11.5 Å². The first-order chi connectivity index (χ1) is 11.7. The van der Waals surface area contributed by atoms with Gasteiger partial charge in [0.25, 0.3) is 5.91 Å². The second-order valence-corrected chi connectivity index (χ2v) is 5.60. The highest BCUT2D eigenvalue weighted by atomic mass is 79.9. The summed E-state index contributed by atoms with van der Waals surface area (Å²) in [7, 11) is 1.55. The van der Waals surface area contributed by atoms with Crippen LogP contribution in [0.5, 0.6) is 5.75 Å². The topological polar surface area (TPSA) is 99.9 Å². The van der Waals surface area contributed by atoms with E-state index in [-0.39, 0.29) is 11.6 Å². The highest BCUT2D eigenvalue weighted by Gasteiger charge is 2.11. The van der Waals surface area contributed by atoms with Crippen molar-refractivity contribution in [1.29, 1.82) is 5.26 Å². The Balaban J connectivity index is 1.80. The predicted octanol–water partition coefficient (Wildman–Crippen LogP) is 2.35. The number of carbonyl (C=O) groups excluding carboxylic acids is 1. The summed E-state index contributed by atoms with van der Waals surface area (Å²) in [5, 5.41) is 14.8. The first-order valence-electron chi connectivity index (χ1n) is 7.22. The number of rotatable bonds is 7. The van der Waals surface area contributed by atoms with Gasteiger partial charge >= 0.3 is 0 Å². The van der Waals surface area contributed by atoms with Crippen LogP contribution in [0.3, 0.4) is 0 Å². The number of hydrogen-bond donors (Lipinski definition) is 2. The van der Waals surface area contributed by atoms with E-state index in [0.29, 0.717) is 41.1 Å². The Bertz CT molecular complexity index is 760. The molecule has 1 aromatic heterocycles. The van der Waals surface area contributed by atoms with Gasteiger partial charge in [-0.05, 0) is 40.5 Å². The number of benzene rings is 1. The maximum absolute atomic E-state index is 12.2. The Morgan fingerprint density at radius 2 is 2.12 bits per heavy atom. The van der Waals surface area contributed by atoms with Gasteiger partial charge in [0.1, 0.15) is 11.8 Å². The van der Waals surface area contributed by atoms with E-state index in [0.717, 1.165) is 0 Å². The lowest BCUT2D eigenvalue weighted by Crippen LogP contribution is -2.26. The molecule has 0 radical (unpaired) electrons. The SMILES string of the molecule is COc1ccc(Br)c(C(=O)NCCCNc2nccnc2C#N)c1. The van der Waals surface area contributed by atoms with Crippen molar-refractivity contribution in [3.05, 3.63) is 46.3 Å². The number of carbonyl (C=O) groups is 1. The monoisotopic (exact) mass is 389 g/mol. The molecular weight excluding hydrogens is 374 g/mol. The Hall–Kier alpha value is -2.66. The highest BCUT2D eigenvalue weighted by Crippen LogP contribution is 2.22. The molecule has 0 aliphatic heterocycles. The van der Waals surface area contributed by atoms with Crippen LogP contribution in [0.1, 0.15) is 22.5 Å². The molecule has 1 aromatic carbocycles. The van der Waals surface area contributed by atoms with Crippen LogP contribution in [0, 0.1) is 11.3 Å². The average molecular weight is 390 g/mol. The highest BCUT2D eigenvalue weighted by molar-refractivity contribution is 9.10. The van der Waals surface area contributed by atoms with Gasteiger partial charge in [-0.2, -0.15) is 5.26 Å². The maximum Gasteiger partial charge on any atom is 0.252 e. The number of nitriles is 1. The van der Waals surface area contributed by atoms with Crippen LogP contribution in [0.15, 0.2) is 35.1 Å². The lowest BCUT2D eigenvalue weighted by atomic mass is 10.2. The lowest BCUT2D eigenvalue weighted by molar-refractivity contribution is 0.0952. The molecule has 0 aliphatic carbocycles. The molecule has 24 heavy (non-hydrogen) atoms. The normalized spacial score (nSPS) is 9.88. The fourth-order valence-electron chi connectivity index (χ4n) is 1.95.